The fraction of sp³-hybridized carbons (Fsp3) is 0.588. The van der Waals surface area contributed by atoms with Gasteiger partial charge >= 0.3 is 0 Å². The first-order chi connectivity index (χ1) is 10.4. The lowest BCUT2D eigenvalue weighted by Crippen LogP contribution is -2.54. The zero-order chi connectivity index (χ0) is 16.2. The number of likely N-dealkylation sites (tertiary alicyclic amines) is 1. The molecule has 0 spiro atoms. The quantitative estimate of drug-likeness (QED) is 0.875. The van der Waals surface area contributed by atoms with Crippen molar-refractivity contribution in [1.29, 1.82) is 0 Å². The summed E-state index contributed by atoms with van der Waals surface area (Å²) in [5, 5.41) is 2.98. The van der Waals surface area contributed by atoms with E-state index in [1.165, 1.54) is 0 Å². The highest BCUT2D eigenvalue weighted by Crippen LogP contribution is 2.31. The van der Waals surface area contributed by atoms with Crippen LogP contribution in [0.2, 0.25) is 0 Å². The summed E-state index contributed by atoms with van der Waals surface area (Å²) >= 11 is 0. The predicted octanol–water partition coefficient (Wildman–Crippen LogP) is 2.12. The van der Waals surface area contributed by atoms with Crippen LogP contribution < -0.4 is 5.32 Å². The van der Waals surface area contributed by atoms with Crippen LogP contribution in [-0.4, -0.2) is 33.8 Å². The highest BCUT2D eigenvalue weighted by molar-refractivity contribution is 5.94. The van der Waals surface area contributed by atoms with Gasteiger partial charge in [-0.1, -0.05) is 19.9 Å². The Morgan fingerprint density at radius 1 is 1.50 bits per heavy atom. The average molecular weight is 303 g/mol. The molecule has 1 aromatic heterocycles. The third-order valence-electron chi connectivity index (χ3n) is 4.28. The first-order valence-corrected chi connectivity index (χ1v) is 7.91. The Balaban J connectivity index is 2.06. The summed E-state index contributed by atoms with van der Waals surface area (Å²) < 4.78 is 0. The number of pyridine rings is 1. The Labute approximate surface area is 132 Å². The third kappa shape index (κ3) is 3.64. The van der Waals surface area contributed by atoms with E-state index in [1.54, 1.807) is 17.3 Å². The summed E-state index contributed by atoms with van der Waals surface area (Å²) in [5.74, 6) is 0.526. The fourth-order valence-corrected chi connectivity index (χ4v) is 2.73. The normalized spacial score (nSPS) is 21.5. The van der Waals surface area contributed by atoms with Gasteiger partial charge in [0.15, 0.2) is 0 Å². The Bertz CT molecular complexity index is 530. The molecule has 1 aromatic rings. The maximum Gasteiger partial charge on any atom is 0.245 e. The second kappa shape index (κ2) is 6.90. The number of rotatable bonds is 6. The van der Waals surface area contributed by atoms with Crippen molar-refractivity contribution in [3.8, 4) is 0 Å². The Kier molecular flexibility index (Phi) is 5.16. The SMILES string of the molecule is CC(C)CCNC(=O)C1(C)CCC(=O)N1Cc1cccnc1. The van der Waals surface area contributed by atoms with E-state index < -0.39 is 5.54 Å². The average Bonchev–Trinajstić information content (AvgIpc) is 2.77. The van der Waals surface area contributed by atoms with Crippen molar-refractivity contribution < 1.29 is 9.59 Å². The van der Waals surface area contributed by atoms with Crippen molar-refractivity contribution >= 4 is 11.8 Å². The third-order valence-corrected chi connectivity index (χ3v) is 4.28. The van der Waals surface area contributed by atoms with Gasteiger partial charge in [0.25, 0.3) is 0 Å². The van der Waals surface area contributed by atoms with Crippen LogP contribution in [0.5, 0.6) is 0 Å². The molecule has 2 amide bonds. The molecular weight excluding hydrogens is 278 g/mol. The zero-order valence-electron chi connectivity index (χ0n) is 13.6. The summed E-state index contributed by atoms with van der Waals surface area (Å²) in [7, 11) is 0. The molecule has 0 aromatic carbocycles. The molecule has 0 radical (unpaired) electrons. The van der Waals surface area contributed by atoms with E-state index in [1.807, 2.05) is 19.1 Å². The molecule has 1 N–H and O–H groups in total. The monoisotopic (exact) mass is 303 g/mol. The lowest BCUT2D eigenvalue weighted by atomic mass is 9.97. The molecule has 0 bridgehead atoms. The molecule has 22 heavy (non-hydrogen) atoms. The van der Waals surface area contributed by atoms with Gasteiger partial charge in [-0.3, -0.25) is 14.6 Å². The molecule has 1 unspecified atom stereocenters. The van der Waals surface area contributed by atoms with Crippen LogP contribution in [0.3, 0.4) is 0 Å². The van der Waals surface area contributed by atoms with Gasteiger partial charge in [-0.15, -0.1) is 0 Å². The first kappa shape index (κ1) is 16.5. The molecule has 1 aliphatic rings. The van der Waals surface area contributed by atoms with Crippen LogP contribution in [0.25, 0.3) is 0 Å². The minimum absolute atomic E-state index is 0.0327. The largest absolute Gasteiger partial charge is 0.354 e. The fourth-order valence-electron chi connectivity index (χ4n) is 2.73. The molecule has 120 valence electrons. The van der Waals surface area contributed by atoms with Crippen molar-refractivity contribution in [1.82, 2.24) is 15.2 Å². The lowest BCUT2D eigenvalue weighted by Gasteiger charge is -2.34. The van der Waals surface area contributed by atoms with Gasteiger partial charge in [0.1, 0.15) is 5.54 Å². The Morgan fingerprint density at radius 3 is 2.91 bits per heavy atom. The van der Waals surface area contributed by atoms with E-state index in [4.69, 9.17) is 0 Å². The van der Waals surface area contributed by atoms with Gasteiger partial charge in [0.05, 0.1) is 0 Å². The summed E-state index contributed by atoms with van der Waals surface area (Å²) in [6.07, 6.45) is 5.38. The molecule has 5 nitrogen and oxygen atoms in total. The topological polar surface area (TPSA) is 62.3 Å². The maximum atomic E-state index is 12.6. The van der Waals surface area contributed by atoms with E-state index in [0.29, 0.717) is 31.8 Å². The van der Waals surface area contributed by atoms with E-state index in [9.17, 15) is 9.59 Å². The minimum atomic E-state index is -0.760. The van der Waals surface area contributed by atoms with Crippen molar-refractivity contribution in [3.05, 3.63) is 30.1 Å². The molecular formula is C17H25N3O2. The highest BCUT2D eigenvalue weighted by atomic mass is 16.2. The molecule has 1 fully saturated rings. The predicted molar refractivity (Wildman–Crippen MR) is 84.9 cm³/mol. The Morgan fingerprint density at radius 2 is 2.27 bits per heavy atom. The van der Waals surface area contributed by atoms with Crippen LogP contribution in [0.4, 0.5) is 0 Å². The van der Waals surface area contributed by atoms with Gasteiger partial charge in [-0.25, -0.2) is 0 Å². The number of amides is 2. The number of aromatic nitrogens is 1. The standard InChI is InChI=1S/C17H25N3O2/c1-13(2)7-10-19-16(22)17(3)8-6-15(21)20(17)12-14-5-4-9-18-11-14/h4-5,9,11,13H,6-8,10,12H2,1-3H3,(H,19,22). The van der Waals surface area contributed by atoms with Crippen molar-refractivity contribution in [2.75, 3.05) is 6.54 Å². The first-order valence-electron chi connectivity index (χ1n) is 7.91. The number of hydrogen-bond donors (Lipinski definition) is 1. The van der Waals surface area contributed by atoms with Gasteiger partial charge in [0.2, 0.25) is 11.8 Å². The number of carbonyl (C=O) groups excluding carboxylic acids is 2. The molecule has 2 rings (SSSR count). The summed E-state index contributed by atoms with van der Waals surface area (Å²) in [6, 6.07) is 3.77. The highest BCUT2D eigenvalue weighted by Gasteiger charge is 2.46. The molecule has 0 saturated carbocycles. The van der Waals surface area contributed by atoms with Crippen LogP contribution in [-0.2, 0) is 16.1 Å². The molecule has 1 atom stereocenters. The summed E-state index contributed by atoms with van der Waals surface area (Å²) in [6.45, 7) is 7.20. The van der Waals surface area contributed by atoms with Crippen LogP contribution in [0.1, 0.15) is 45.6 Å². The maximum absolute atomic E-state index is 12.6. The summed E-state index contributed by atoms with van der Waals surface area (Å²) in [4.78, 5) is 30.5. The van der Waals surface area contributed by atoms with E-state index in [0.717, 1.165) is 12.0 Å². The van der Waals surface area contributed by atoms with E-state index >= 15 is 0 Å². The zero-order valence-corrected chi connectivity index (χ0v) is 13.6. The smallest absolute Gasteiger partial charge is 0.245 e. The molecule has 1 saturated heterocycles. The van der Waals surface area contributed by atoms with Crippen LogP contribution >= 0.6 is 0 Å². The van der Waals surface area contributed by atoms with E-state index in [-0.39, 0.29) is 11.8 Å². The minimum Gasteiger partial charge on any atom is -0.354 e. The molecule has 1 aliphatic heterocycles. The summed E-state index contributed by atoms with van der Waals surface area (Å²) in [5.41, 5.74) is 0.183. The number of hydrogen-bond acceptors (Lipinski definition) is 3. The van der Waals surface area contributed by atoms with Crippen LogP contribution in [0.15, 0.2) is 24.5 Å². The molecule has 0 aliphatic carbocycles. The second-order valence-electron chi connectivity index (χ2n) is 6.55. The van der Waals surface area contributed by atoms with Gasteiger partial charge in [0, 0.05) is 31.9 Å². The van der Waals surface area contributed by atoms with Gasteiger partial charge in [-0.05, 0) is 37.3 Å². The van der Waals surface area contributed by atoms with Crippen LogP contribution in [0, 0.1) is 5.92 Å². The molecule has 5 heteroatoms. The number of nitrogens with one attached hydrogen (secondary N) is 1. The second-order valence-corrected chi connectivity index (χ2v) is 6.55. The van der Waals surface area contributed by atoms with Gasteiger partial charge < -0.3 is 10.2 Å². The van der Waals surface area contributed by atoms with Crippen molar-refractivity contribution in [2.45, 2.75) is 52.1 Å². The molecule has 2 heterocycles. The van der Waals surface area contributed by atoms with Crippen molar-refractivity contribution in [3.63, 3.8) is 0 Å². The number of nitrogens with zero attached hydrogens (tertiary/aromatic N) is 2. The van der Waals surface area contributed by atoms with E-state index in [2.05, 4.69) is 24.1 Å². The number of carbonyl (C=O) groups is 2. The van der Waals surface area contributed by atoms with Crippen molar-refractivity contribution in [2.24, 2.45) is 5.92 Å². The van der Waals surface area contributed by atoms with Gasteiger partial charge in [-0.2, -0.15) is 0 Å². The lowest BCUT2D eigenvalue weighted by molar-refractivity contribution is -0.141. The Hall–Kier alpha value is -1.91.